The van der Waals surface area contributed by atoms with Gasteiger partial charge in [-0.1, -0.05) is 48.3 Å². The zero-order chi connectivity index (χ0) is 15.4. The van der Waals surface area contributed by atoms with Gasteiger partial charge in [0.2, 0.25) is 11.8 Å². The van der Waals surface area contributed by atoms with Crippen LogP contribution in [-0.4, -0.2) is 29.3 Å². The van der Waals surface area contributed by atoms with Gasteiger partial charge in [-0.25, -0.2) is 0 Å². The van der Waals surface area contributed by atoms with Gasteiger partial charge in [0.1, 0.15) is 6.04 Å². The molecule has 0 aromatic heterocycles. The molecule has 0 saturated carbocycles. The molecule has 1 aromatic carbocycles. The quantitative estimate of drug-likeness (QED) is 0.905. The third kappa shape index (κ3) is 4.06. The van der Waals surface area contributed by atoms with Crippen LogP contribution in [0.25, 0.3) is 0 Å². The smallest absolute Gasteiger partial charge is 0.245 e. The Morgan fingerprint density at radius 1 is 1.33 bits per heavy atom. The number of hydrogen-bond donors (Lipinski definition) is 1. The molecule has 0 bridgehead atoms. The summed E-state index contributed by atoms with van der Waals surface area (Å²) in [5.41, 5.74) is 1.07. The van der Waals surface area contributed by atoms with Crippen LogP contribution in [0.15, 0.2) is 28.7 Å². The second-order valence-corrected chi connectivity index (χ2v) is 6.48. The number of benzene rings is 1. The number of halogens is 1. The lowest BCUT2D eigenvalue weighted by Crippen LogP contribution is -2.48. The van der Waals surface area contributed by atoms with E-state index >= 15 is 0 Å². The lowest BCUT2D eigenvalue weighted by atomic mass is 9.98. The minimum atomic E-state index is -0.402. The molecule has 114 valence electrons. The third-order valence-corrected chi connectivity index (χ3v) is 4.53. The molecule has 1 saturated heterocycles. The Bertz CT molecular complexity index is 516. The van der Waals surface area contributed by atoms with Crippen molar-refractivity contribution in [3.63, 3.8) is 0 Å². The first-order valence-electron chi connectivity index (χ1n) is 7.34. The molecule has 2 unspecified atom stereocenters. The highest BCUT2D eigenvalue weighted by Gasteiger charge is 2.32. The number of carbonyl (C=O) groups excluding carboxylic acids is 2. The molecule has 5 heteroatoms. The van der Waals surface area contributed by atoms with E-state index in [1.54, 1.807) is 4.90 Å². The van der Waals surface area contributed by atoms with E-state index in [0.717, 1.165) is 16.5 Å². The monoisotopic (exact) mass is 352 g/mol. The highest BCUT2D eigenvalue weighted by molar-refractivity contribution is 9.10. The van der Waals surface area contributed by atoms with Crippen LogP contribution in [-0.2, 0) is 16.1 Å². The normalized spacial score (nSPS) is 20.9. The number of nitrogens with zero attached hydrogens (tertiary/aromatic N) is 1. The van der Waals surface area contributed by atoms with Crippen LogP contribution in [0.4, 0.5) is 0 Å². The fourth-order valence-corrected chi connectivity index (χ4v) is 2.70. The fourth-order valence-electron chi connectivity index (χ4n) is 2.44. The predicted molar refractivity (Wildman–Crippen MR) is 85.6 cm³/mol. The van der Waals surface area contributed by atoms with Gasteiger partial charge in [-0.15, -0.1) is 0 Å². The lowest BCUT2D eigenvalue weighted by molar-refractivity contribution is -0.135. The summed E-state index contributed by atoms with van der Waals surface area (Å²) in [6.45, 7) is 5.07. The van der Waals surface area contributed by atoms with E-state index in [-0.39, 0.29) is 17.7 Å². The first-order chi connectivity index (χ1) is 10.0. The molecule has 2 amide bonds. The van der Waals surface area contributed by atoms with Crippen LogP contribution >= 0.6 is 15.9 Å². The largest absolute Gasteiger partial charge is 0.344 e. The third-order valence-electron chi connectivity index (χ3n) is 4.00. The summed E-state index contributed by atoms with van der Waals surface area (Å²) < 4.78 is 1.02. The molecule has 1 heterocycles. The van der Waals surface area contributed by atoms with Gasteiger partial charge in [0.15, 0.2) is 0 Å². The van der Waals surface area contributed by atoms with Crippen molar-refractivity contribution in [1.82, 2.24) is 10.2 Å². The molecule has 4 nitrogen and oxygen atoms in total. The second-order valence-electron chi connectivity index (χ2n) is 5.57. The van der Waals surface area contributed by atoms with Crippen molar-refractivity contribution in [2.24, 2.45) is 5.92 Å². The van der Waals surface area contributed by atoms with Crippen molar-refractivity contribution in [3.05, 3.63) is 34.3 Å². The number of amides is 2. The highest BCUT2D eigenvalue weighted by Crippen LogP contribution is 2.17. The maximum absolute atomic E-state index is 12.7. The minimum absolute atomic E-state index is 0.0260. The Labute approximate surface area is 134 Å². The Morgan fingerprint density at radius 2 is 2.00 bits per heavy atom. The van der Waals surface area contributed by atoms with Crippen LogP contribution in [0.1, 0.15) is 32.3 Å². The summed E-state index contributed by atoms with van der Waals surface area (Å²) in [6, 6.07) is 7.52. The molecule has 1 fully saturated rings. The minimum Gasteiger partial charge on any atom is -0.344 e. The molecule has 2 atom stereocenters. The van der Waals surface area contributed by atoms with Crippen molar-refractivity contribution in [2.75, 3.05) is 6.54 Å². The van der Waals surface area contributed by atoms with Crippen LogP contribution < -0.4 is 5.32 Å². The highest BCUT2D eigenvalue weighted by atomic mass is 79.9. The van der Waals surface area contributed by atoms with E-state index in [2.05, 4.69) is 21.2 Å². The molecular weight excluding hydrogens is 332 g/mol. The van der Waals surface area contributed by atoms with Gasteiger partial charge in [-0.05, 0) is 23.6 Å². The predicted octanol–water partition coefficient (Wildman–Crippen LogP) is 2.71. The fraction of sp³-hybridized carbons (Fsp3) is 0.500. The first kappa shape index (κ1) is 16.0. The van der Waals surface area contributed by atoms with Gasteiger partial charge in [-0.2, -0.15) is 0 Å². The Kier molecular flexibility index (Phi) is 5.39. The van der Waals surface area contributed by atoms with Gasteiger partial charge in [-0.3, -0.25) is 9.59 Å². The van der Waals surface area contributed by atoms with E-state index < -0.39 is 6.04 Å². The molecule has 0 radical (unpaired) electrons. The van der Waals surface area contributed by atoms with Crippen molar-refractivity contribution in [2.45, 2.75) is 39.3 Å². The van der Waals surface area contributed by atoms with Gasteiger partial charge < -0.3 is 10.2 Å². The number of carbonyl (C=O) groups is 2. The number of rotatable bonds is 4. The first-order valence-corrected chi connectivity index (χ1v) is 8.13. The van der Waals surface area contributed by atoms with E-state index in [1.165, 1.54) is 0 Å². The molecular formula is C16H21BrN2O2. The summed E-state index contributed by atoms with van der Waals surface area (Å²) in [5, 5.41) is 2.87. The molecule has 1 aliphatic heterocycles. The van der Waals surface area contributed by atoms with Crippen molar-refractivity contribution >= 4 is 27.7 Å². The summed E-state index contributed by atoms with van der Waals surface area (Å²) in [4.78, 5) is 26.3. The Morgan fingerprint density at radius 3 is 2.62 bits per heavy atom. The molecule has 21 heavy (non-hydrogen) atoms. The summed E-state index contributed by atoms with van der Waals surface area (Å²) in [6.07, 6.45) is 1.23. The van der Waals surface area contributed by atoms with E-state index in [1.807, 2.05) is 38.1 Å². The van der Waals surface area contributed by atoms with Crippen LogP contribution in [0, 0.1) is 5.92 Å². The molecule has 1 N–H and O–H groups in total. The van der Waals surface area contributed by atoms with E-state index in [9.17, 15) is 9.59 Å². The SMILES string of the molecule is CCC(C)C1NC(=O)CCN(Cc2ccc(Br)cc2)C1=O. The summed E-state index contributed by atoms with van der Waals surface area (Å²) >= 11 is 3.41. The van der Waals surface area contributed by atoms with Gasteiger partial charge in [0.05, 0.1) is 0 Å². The molecule has 1 aromatic rings. The van der Waals surface area contributed by atoms with Gasteiger partial charge >= 0.3 is 0 Å². The zero-order valence-electron chi connectivity index (χ0n) is 12.4. The van der Waals surface area contributed by atoms with Crippen LogP contribution in [0.5, 0.6) is 0 Å². The number of nitrogens with one attached hydrogen (secondary N) is 1. The zero-order valence-corrected chi connectivity index (χ0v) is 14.0. The second kappa shape index (κ2) is 7.07. The van der Waals surface area contributed by atoms with Gasteiger partial charge in [0, 0.05) is 24.0 Å². The Balaban J connectivity index is 2.15. The van der Waals surface area contributed by atoms with Gasteiger partial charge in [0.25, 0.3) is 0 Å². The van der Waals surface area contributed by atoms with E-state index in [0.29, 0.717) is 19.5 Å². The standard InChI is InChI=1S/C16H21BrN2O2/c1-3-11(2)15-16(21)19(9-8-14(20)18-15)10-12-4-6-13(17)7-5-12/h4-7,11,15H,3,8-10H2,1-2H3,(H,18,20). The summed E-state index contributed by atoms with van der Waals surface area (Å²) in [7, 11) is 0. The van der Waals surface area contributed by atoms with Crippen molar-refractivity contribution in [3.8, 4) is 0 Å². The number of hydrogen-bond acceptors (Lipinski definition) is 2. The van der Waals surface area contributed by atoms with E-state index in [4.69, 9.17) is 0 Å². The van der Waals surface area contributed by atoms with Crippen LogP contribution in [0.2, 0.25) is 0 Å². The molecule has 2 rings (SSSR count). The van der Waals surface area contributed by atoms with Crippen LogP contribution in [0.3, 0.4) is 0 Å². The average molecular weight is 353 g/mol. The maximum atomic E-state index is 12.7. The average Bonchev–Trinajstić information content (AvgIpc) is 2.62. The van der Waals surface area contributed by atoms with Crippen molar-refractivity contribution in [1.29, 1.82) is 0 Å². The maximum Gasteiger partial charge on any atom is 0.245 e. The molecule has 1 aliphatic rings. The molecule has 0 spiro atoms. The topological polar surface area (TPSA) is 49.4 Å². The lowest BCUT2D eigenvalue weighted by Gasteiger charge is -2.27. The summed E-state index contributed by atoms with van der Waals surface area (Å²) in [5.74, 6) is 0.136. The Hall–Kier alpha value is -1.36. The molecule has 0 aliphatic carbocycles. The van der Waals surface area contributed by atoms with Crippen molar-refractivity contribution < 1.29 is 9.59 Å².